The third-order valence-electron chi connectivity index (χ3n) is 5.94. The molecule has 1 aliphatic rings. The maximum atomic E-state index is 11.5. The van der Waals surface area contributed by atoms with E-state index in [2.05, 4.69) is 0 Å². The highest BCUT2D eigenvalue weighted by Crippen LogP contribution is 2.46. The maximum Gasteiger partial charge on any atom is 0.271 e. The summed E-state index contributed by atoms with van der Waals surface area (Å²) in [4.78, 5) is 2.91. The Hall–Kier alpha value is -2.22. The highest BCUT2D eigenvalue weighted by atomic mass is 32.2. The Balaban J connectivity index is 1.77. The predicted octanol–water partition coefficient (Wildman–Crippen LogP) is 4.83. The van der Waals surface area contributed by atoms with Crippen LogP contribution in [0.15, 0.2) is 58.0 Å². The number of allylic oxidation sites excluding steroid dienone is 2. The lowest BCUT2D eigenvalue weighted by Crippen LogP contribution is -2.38. The Labute approximate surface area is 225 Å². The topological polar surface area (TPSA) is 116 Å². The third kappa shape index (κ3) is 7.01. The zero-order valence-corrected chi connectivity index (χ0v) is 24.0. The Bertz CT molecular complexity index is 1620. The van der Waals surface area contributed by atoms with Gasteiger partial charge in [-0.05, 0) is 61.2 Å². The van der Waals surface area contributed by atoms with E-state index >= 15 is 0 Å². The SMILES string of the molecule is CCC(=Cc1sc2ccc(C)cc2[n+]1CCS(=O)(=O)O)C=C1Sc2ccc(C)cc2N1CCS(=O)(=O)O. The lowest BCUT2D eigenvalue weighted by atomic mass is 10.1. The smallest absolute Gasteiger partial charge is 0.271 e. The average molecular weight is 582 g/mol. The fraction of sp³-hybridized carbons (Fsp3) is 0.320. The summed E-state index contributed by atoms with van der Waals surface area (Å²) in [6.45, 7) is 6.19. The normalized spacial score (nSPS) is 15.6. The zero-order chi connectivity index (χ0) is 27.0. The quantitative estimate of drug-likeness (QED) is 0.273. The van der Waals surface area contributed by atoms with Crippen LogP contribution in [0.5, 0.6) is 0 Å². The molecule has 2 N–H and O–H groups in total. The molecule has 1 aromatic heterocycles. The van der Waals surface area contributed by atoms with Crippen LogP contribution in [0.3, 0.4) is 0 Å². The van der Waals surface area contributed by atoms with Gasteiger partial charge in [0.1, 0.15) is 10.5 Å². The Morgan fingerprint density at radius 2 is 1.68 bits per heavy atom. The lowest BCUT2D eigenvalue weighted by molar-refractivity contribution is -0.664. The summed E-state index contributed by atoms with van der Waals surface area (Å²) in [6, 6.07) is 12.0. The minimum absolute atomic E-state index is 0.113. The zero-order valence-electron chi connectivity index (χ0n) is 20.7. The number of rotatable bonds is 9. The molecule has 12 heteroatoms. The van der Waals surface area contributed by atoms with E-state index in [-0.39, 0.29) is 13.1 Å². The van der Waals surface area contributed by atoms with Crippen LogP contribution in [0.4, 0.5) is 5.69 Å². The summed E-state index contributed by atoms with van der Waals surface area (Å²) in [6.07, 6.45) is 4.69. The first kappa shape index (κ1) is 27.8. The van der Waals surface area contributed by atoms with E-state index in [1.54, 1.807) is 0 Å². The van der Waals surface area contributed by atoms with E-state index in [9.17, 15) is 25.9 Å². The van der Waals surface area contributed by atoms with Crippen LogP contribution in [0, 0.1) is 13.8 Å². The summed E-state index contributed by atoms with van der Waals surface area (Å²) in [7, 11) is -8.27. The molecular formula is C25H29N2O6S4+. The first-order valence-electron chi connectivity index (χ1n) is 11.6. The molecule has 0 saturated heterocycles. The molecule has 0 fully saturated rings. The van der Waals surface area contributed by atoms with E-state index in [0.29, 0.717) is 6.42 Å². The van der Waals surface area contributed by atoms with Gasteiger partial charge in [-0.1, -0.05) is 42.2 Å². The van der Waals surface area contributed by atoms with Gasteiger partial charge < -0.3 is 4.90 Å². The summed E-state index contributed by atoms with van der Waals surface area (Å²) < 4.78 is 67.6. The van der Waals surface area contributed by atoms with Gasteiger partial charge in [-0.3, -0.25) is 9.11 Å². The number of fused-ring (bicyclic) bond motifs is 2. The van der Waals surface area contributed by atoms with Crippen molar-refractivity contribution >= 4 is 65.3 Å². The van der Waals surface area contributed by atoms with E-state index in [1.807, 2.05) is 78.8 Å². The van der Waals surface area contributed by atoms with Crippen molar-refractivity contribution in [2.45, 2.75) is 38.6 Å². The molecule has 0 aliphatic carbocycles. The van der Waals surface area contributed by atoms with E-state index in [0.717, 1.165) is 47.5 Å². The fourth-order valence-electron chi connectivity index (χ4n) is 4.07. The van der Waals surface area contributed by atoms with Gasteiger partial charge in [-0.2, -0.15) is 21.4 Å². The van der Waals surface area contributed by atoms with Crippen molar-refractivity contribution in [3.05, 3.63) is 69.2 Å². The van der Waals surface area contributed by atoms with Gasteiger partial charge in [0, 0.05) is 23.6 Å². The van der Waals surface area contributed by atoms with Crippen molar-refractivity contribution in [2.75, 3.05) is 23.0 Å². The summed E-state index contributed by atoms with van der Waals surface area (Å²) >= 11 is 3.07. The summed E-state index contributed by atoms with van der Waals surface area (Å²) in [5.74, 6) is -0.788. The molecule has 0 spiro atoms. The number of nitrogens with zero attached hydrogens (tertiary/aromatic N) is 2. The number of hydrogen-bond donors (Lipinski definition) is 2. The highest BCUT2D eigenvalue weighted by Gasteiger charge is 2.27. The van der Waals surface area contributed by atoms with Crippen LogP contribution in [0.2, 0.25) is 0 Å². The molecule has 198 valence electrons. The second-order valence-electron chi connectivity index (χ2n) is 8.92. The molecule has 0 radical (unpaired) electrons. The van der Waals surface area contributed by atoms with Crippen LogP contribution in [0.25, 0.3) is 16.3 Å². The molecule has 4 rings (SSSR count). The average Bonchev–Trinajstić information content (AvgIpc) is 3.31. The molecule has 0 bridgehead atoms. The standard InChI is InChI=1S/C25H28N2O6S4/c1-4-19(15-24-26(9-11-36(28,29)30)20-13-17(2)5-7-22(20)34-24)16-25-27(10-12-37(31,32)33)21-14-18(3)6-8-23(21)35-25/h5-8,13-16H,4,9-12H2,1-3H3,(H-,28,29,30,31,32,33)/p+1. The molecule has 37 heavy (non-hydrogen) atoms. The van der Waals surface area contributed by atoms with E-state index in [1.165, 1.54) is 23.1 Å². The molecule has 3 aromatic rings. The third-order valence-corrected chi connectivity index (χ3v) is 9.57. The Morgan fingerprint density at radius 1 is 1.00 bits per heavy atom. The molecule has 1 aliphatic heterocycles. The molecule has 0 unspecified atom stereocenters. The van der Waals surface area contributed by atoms with Crippen molar-refractivity contribution < 1.29 is 30.5 Å². The van der Waals surface area contributed by atoms with Gasteiger partial charge in [0.05, 0.1) is 16.5 Å². The van der Waals surface area contributed by atoms with Gasteiger partial charge in [0.2, 0.25) is 5.52 Å². The second kappa shape index (κ2) is 10.9. The molecule has 2 aromatic carbocycles. The first-order valence-corrected chi connectivity index (χ1v) is 16.5. The van der Waals surface area contributed by atoms with Gasteiger partial charge in [0.25, 0.3) is 25.2 Å². The van der Waals surface area contributed by atoms with E-state index in [4.69, 9.17) is 0 Å². The van der Waals surface area contributed by atoms with Gasteiger partial charge >= 0.3 is 0 Å². The highest BCUT2D eigenvalue weighted by molar-refractivity contribution is 8.03. The van der Waals surface area contributed by atoms with Crippen molar-refractivity contribution in [3.63, 3.8) is 0 Å². The van der Waals surface area contributed by atoms with Crippen LogP contribution < -0.4 is 9.47 Å². The maximum absolute atomic E-state index is 11.5. The molecule has 2 heterocycles. The summed E-state index contributed by atoms with van der Waals surface area (Å²) in [5.41, 5.74) is 4.85. The second-order valence-corrected chi connectivity index (χ2v) is 14.2. The van der Waals surface area contributed by atoms with Crippen LogP contribution in [0.1, 0.15) is 29.5 Å². The minimum atomic E-state index is -4.14. The molecule has 0 saturated carbocycles. The van der Waals surface area contributed by atoms with Crippen molar-refractivity contribution in [2.24, 2.45) is 0 Å². The van der Waals surface area contributed by atoms with Crippen LogP contribution >= 0.6 is 23.1 Å². The predicted molar refractivity (Wildman–Crippen MR) is 150 cm³/mol. The monoisotopic (exact) mass is 581 g/mol. The van der Waals surface area contributed by atoms with Crippen molar-refractivity contribution in [1.29, 1.82) is 0 Å². The first-order chi connectivity index (χ1) is 17.3. The van der Waals surface area contributed by atoms with Gasteiger partial charge in [-0.15, -0.1) is 0 Å². The number of thioether (sulfide) groups is 1. The van der Waals surface area contributed by atoms with Gasteiger partial charge in [0.15, 0.2) is 6.54 Å². The number of aromatic nitrogens is 1. The van der Waals surface area contributed by atoms with E-state index < -0.39 is 31.7 Å². The molecular weight excluding hydrogens is 553 g/mol. The van der Waals surface area contributed by atoms with Crippen LogP contribution in [-0.2, 0) is 26.8 Å². The molecule has 0 amide bonds. The molecule has 0 atom stereocenters. The Kier molecular flexibility index (Phi) is 8.17. The number of aryl methyl sites for hydroxylation is 3. The lowest BCUT2D eigenvalue weighted by Gasteiger charge is -2.20. The Morgan fingerprint density at radius 3 is 2.35 bits per heavy atom. The van der Waals surface area contributed by atoms with Crippen molar-refractivity contribution in [1.82, 2.24) is 0 Å². The number of benzene rings is 2. The van der Waals surface area contributed by atoms with Crippen molar-refractivity contribution in [3.8, 4) is 0 Å². The van der Waals surface area contributed by atoms with Crippen LogP contribution in [-0.4, -0.2) is 44.0 Å². The number of thiazole rings is 1. The number of hydrogen-bond acceptors (Lipinski definition) is 7. The van der Waals surface area contributed by atoms with Gasteiger partial charge in [-0.25, -0.2) is 0 Å². The number of anilines is 1. The fourth-order valence-corrected chi connectivity index (χ4v) is 7.19. The largest absolute Gasteiger partial charge is 0.334 e. The molecule has 8 nitrogen and oxygen atoms in total. The minimum Gasteiger partial charge on any atom is -0.334 e. The summed E-state index contributed by atoms with van der Waals surface area (Å²) in [5, 5.41) is 1.69.